The minimum atomic E-state index is 0.0677. The standard InChI is InChI=1S/C17H18IN3O/c18-16-14-9-11-8-10(6-7-13(11)15(14)20-21-16)17(22)19-12-4-2-1-3-5-12/h6-8,12H,1-5,9H2,(H,19,22)(H,20,21). The van der Waals surface area contributed by atoms with E-state index in [0.29, 0.717) is 6.04 Å². The first-order chi connectivity index (χ1) is 10.7. The summed E-state index contributed by atoms with van der Waals surface area (Å²) in [4.78, 5) is 12.5. The monoisotopic (exact) mass is 407 g/mol. The molecule has 1 fully saturated rings. The predicted octanol–water partition coefficient (Wildman–Crippen LogP) is 3.65. The molecule has 0 atom stereocenters. The molecular formula is C17H18IN3O. The predicted molar refractivity (Wildman–Crippen MR) is 93.9 cm³/mol. The lowest BCUT2D eigenvalue weighted by Crippen LogP contribution is -2.36. The van der Waals surface area contributed by atoms with E-state index in [1.807, 2.05) is 18.2 Å². The molecule has 4 nitrogen and oxygen atoms in total. The first kappa shape index (κ1) is 14.2. The van der Waals surface area contributed by atoms with Crippen molar-refractivity contribution in [1.29, 1.82) is 0 Å². The molecule has 1 amide bonds. The number of halogens is 1. The Bertz CT molecular complexity index is 732. The Kier molecular flexibility index (Phi) is 3.68. The molecule has 0 spiro atoms. The lowest BCUT2D eigenvalue weighted by Gasteiger charge is -2.22. The lowest BCUT2D eigenvalue weighted by atomic mass is 9.95. The molecule has 1 aromatic carbocycles. The fourth-order valence-electron chi connectivity index (χ4n) is 3.56. The van der Waals surface area contributed by atoms with Crippen molar-refractivity contribution in [1.82, 2.24) is 15.5 Å². The number of fused-ring (bicyclic) bond motifs is 3. The number of carbonyl (C=O) groups excluding carboxylic acids is 1. The largest absolute Gasteiger partial charge is 0.349 e. The van der Waals surface area contributed by atoms with Gasteiger partial charge in [0.25, 0.3) is 5.91 Å². The summed E-state index contributed by atoms with van der Waals surface area (Å²) in [5, 5.41) is 10.5. The van der Waals surface area contributed by atoms with E-state index in [1.165, 1.54) is 36.0 Å². The number of hydrogen-bond donors (Lipinski definition) is 2. The van der Waals surface area contributed by atoms with Crippen molar-refractivity contribution >= 4 is 28.5 Å². The maximum absolute atomic E-state index is 12.5. The summed E-state index contributed by atoms with van der Waals surface area (Å²) in [6.07, 6.45) is 6.86. The normalized spacial score (nSPS) is 17.1. The van der Waals surface area contributed by atoms with Crippen LogP contribution in [-0.4, -0.2) is 22.1 Å². The molecule has 114 valence electrons. The number of aromatic amines is 1. The number of nitrogens with zero attached hydrogens (tertiary/aromatic N) is 1. The molecular weight excluding hydrogens is 389 g/mol. The molecule has 0 saturated heterocycles. The van der Waals surface area contributed by atoms with Crippen LogP contribution in [0, 0.1) is 3.70 Å². The van der Waals surface area contributed by atoms with Gasteiger partial charge in [0.15, 0.2) is 0 Å². The van der Waals surface area contributed by atoms with Gasteiger partial charge in [0.2, 0.25) is 0 Å². The van der Waals surface area contributed by atoms with Crippen molar-refractivity contribution in [2.75, 3.05) is 0 Å². The van der Waals surface area contributed by atoms with E-state index in [-0.39, 0.29) is 5.91 Å². The fraction of sp³-hybridized carbons (Fsp3) is 0.412. The lowest BCUT2D eigenvalue weighted by molar-refractivity contribution is 0.0927. The number of amides is 1. The third-order valence-electron chi connectivity index (χ3n) is 4.76. The number of carbonyl (C=O) groups is 1. The van der Waals surface area contributed by atoms with Gasteiger partial charge in [-0.15, -0.1) is 0 Å². The molecule has 1 saturated carbocycles. The van der Waals surface area contributed by atoms with Crippen molar-refractivity contribution in [3.63, 3.8) is 0 Å². The molecule has 0 unspecified atom stereocenters. The summed E-state index contributed by atoms with van der Waals surface area (Å²) in [5.41, 5.74) is 5.54. The highest BCUT2D eigenvalue weighted by atomic mass is 127. The van der Waals surface area contributed by atoms with Gasteiger partial charge in [-0.1, -0.05) is 25.3 Å². The van der Waals surface area contributed by atoms with Gasteiger partial charge in [-0.25, -0.2) is 0 Å². The summed E-state index contributed by atoms with van der Waals surface area (Å²) >= 11 is 2.26. The molecule has 0 radical (unpaired) electrons. The second kappa shape index (κ2) is 5.68. The van der Waals surface area contributed by atoms with Gasteiger partial charge in [0.05, 0.1) is 5.69 Å². The van der Waals surface area contributed by atoms with Gasteiger partial charge in [-0.3, -0.25) is 9.89 Å². The van der Waals surface area contributed by atoms with Crippen LogP contribution >= 0.6 is 22.6 Å². The highest BCUT2D eigenvalue weighted by molar-refractivity contribution is 14.1. The summed E-state index contributed by atoms with van der Waals surface area (Å²) in [6, 6.07) is 6.37. The summed E-state index contributed by atoms with van der Waals surface area (Å²) in [7, 11) is 0. The molecule has 4 rings (SSSR count). The van der Waals surface area contributed by atoms with Crippen molar-refractivity contribution in [3.05, 3.63) is 38.6 Å². The quantitative estimate of drug-likeness (QED) is 0.638. The van der Waals surface area contributed by atoms with E-state index in [0.717, 1.165) is 34.2 Å². The van der Waals surface area contributed by atoms with Crippen molar-refractivity contribution in [3.8, 4) is 11.3 Å². The highest BCUT2D eigenvalue weighted by Crippen LogP contribution is 2.37. The van der Waals surface area contributed by atoms with Gasteiger partial charge in [0.1, 0.15) is 3.70 Å². The fourth-order valence-corrected chi connectivity index (χ4v) is 4.14. The zero-order valence-corrected chi connectivity index (χ0v) is 14.4. The minimum Gasteiger partial charge on any atom is -0.349 e. The summed E-state index contributed by atoms with van der Waals surface area (Å²) < 4.78 is 1.03. The van der Waals surface area contributed by atoms with Crippen molar-refractivity contribution in [2.24, 2.45) is 0 Å². The number of nitrogens with one attached hydrogen (secondary N) is 2. The molecule has 2 aromatic rings. The third kappa shape index (κ3) is 2.45. The maximum atomic E-state index is 12.5. The Balaban J connectivity index is 1.55. The average molecular weight is 407 g/mol. The van der Waals surface area contributed by atoms with E-state index >= 15 is 0 Å². The zero-order valence-electron chi connectivity index (χ0n) is 12.3. The number of aromatic nitrogens is 2. The third-order valence-corrected chi connectivity index (χ3v) is 5.65. The number of H-pyrrole nitrogens is 1. The smallest absolute Gasteiger partial charge is 0.251 e. The van der Waals surface area contributed by atoms with Crippen LogP contribution in [0.1, 0.15) is 53.6 Å². The highest BCUT2D eigenvalue weighted by Gasteiger charge is 2.25. The second-order valence-corrected chi connectivity index (χ2v) is 7.25. The van der Waals surface area contributed by atoms with Crippen LogP contribution < -0.4 is 5.32 Å². The molecule has 2 aliphatic rings. The first-order valence-electron chi connectivity index (χ1n) is 7.89. The Labute approximate surface area is 143 Å². The van der Waals surface area contributed by atoms with Crippen LogP contribution in [-0.2, 0) is 6.42 Å². The van der Waals surface area contributed by atoms with Crippen molar-refractivity contribution in [2.45, 2.75) is 44.6 Å². The molecule has 5 heteroatoms. The van der Waals surface area contributed by atoms with Crippen LogP contribution in [0.15, 0.2) is 18.2 Å². The number of benzene rings is 1. The van der Waals surface area contributed by atoms with E-state index in [4.69, 9.17) is 0 Å². The van der Waals surface area contributed by atoms with E-state index in [2.05, 4.69) is 38.1 Å². The van der Waals surface area contributed by atoms with E-state index in [1.54, 1.807) is 0 Å². The average Bonchev–Trinajstić information content (AvgIpc) is 3.07. The van der Waals surface area contributed by atoms with Gasteiger partial charge >= 0.3 is 0 Å². The molecule has 0 aliphatic heterocycles. The molecule has 1 aromatic heterocycles. The second-order valence-electron chi connectivity index (χ2n) is 6.23. The van der Waals surface area contributed by atoms with E-state index in [9.17, 15) is 4.79 Å². The number of hydrogen-bond acceptors (Lipinski definition) is 2. The Morgan fingerprint density at radius 2 is 2.09 bits per heavy atom. The van der Waals surface area contributed by atoms with Crippen LogP contribution in [0.3, 0.4) is 0 Å². The minimum absolute atomic E-state index is 0.0677. The van der Waals surface area contributed by atoms with Crippen molar-refractivity contribution < 1.29 is 4.79 Å². The van der Waals surface area contributed by atoms with Crippen LogP contribution in [0.25, 0.3) is 11.3 Å². The summed E-state index contributed by atoms with van der Waals surface area (Å²) in [5.74, 6) is 0.0677. The zero-order chi connectivity index (χ0) is 15.1. The number of rotatable bonds is 2. The Morgan fingerprint density at radius 1 is 1.27 bits per heavy atom. The molecule has 1 heterocycles. The maximum Gasteiger partial charge on any atom is 0.251 e. The molecule has 22 heavy (non-hydrogen) atoms. The first-order valence-corrected chi connectivity index (χ1v) is 8.97. The van der Waals surface area contributed by atoms with Gasteiger partial charge in [-0.2, -0.15) is 5.10 Å². The van der Waals surface area contributed by atoms with E-state index < -0.39 is 0 Å². The Morgan fingerprint density at radius 3 is 2.91 bits per heavy atom. The Hall–Kier alpha value is -1.37. The molecule has 2 N–H and O–H groups in total. The SMILES string of the molecule is O=C(NC1CCCCC1)c1ccc2c(c1)Cc1c(I)n[nH]c1-2. The van der Waals surface area contributed by atoms with Gasteiger partial charge in [-0.05, 0) is 53.1 Å². The van der Waals surface area contributed by atoms with Crippen LogP contribution in [0.5, 0.6) is 0 Å². The summed E-state index contributed by atoms with van der Waals surface area (Å²) in [6.45, 7) is 0. The van der Waals surface area contributed by atoms with Gasteiger partial charge < -0.3 is 5.32 Å². The van der Waals surface area contributed by atoms with Crippen LogP contribution in [0.2, 0.25) is 0 Å². The van der Waals surface area contributed by atoms with Gasteiger partial charge in [0, 0.05) is 29.2 Å². The molecule has 0 bridgehead atoms. The topological polar surface area (TPSA) is 57.8 Å². The molecule has 2 aliphatic carbocycles. The van der Waals surface area contributed by atoms with Crippen LogP contribution in [0.4, 0.5) is 0 Å².